The van der Waals surface area contributed by atoms with E-state index in [2.05, 4.69) is 10.2 Å². The predicted molar refractivity (Wildman–Crippen MR) is 59.5 cm³/mol. The van der Waals surface area contributed by atoms with Crippen LogP contribution in [0.3, 0.4) is 0 Å². The van der Waals surface area contributed by atoms with Gasteiger partial charge in [0.05, 0.1) is 13.2 Å². The number of carboxylic acids is 1. The first-order valence-corrected chi connectivity index (χ1v) is 6.01. The van der Waals surface area contributed by atoms with Gasteiger partial charge in [-0.3, -0.25) is 9.69 Å². The molecule has 2 rings (SSSR count). The van der Waals surface area contributed by atoms with Gasteiger partial charge in [0.15, 0.2) is 0 Å². The third kappa shape index (κ3) is 2.53. The standard InChI is InChI=1S/C11H20N2O3/c14-10(15)11(2-1-4-12-11)3-5-13-6-8-16-9-7-13/h12H,1-9H2,(H,14,15). The third-order valence-electron chi connectivity index (χ3n) is 3.61. The fourth-order valence-corrected chi connectivity index (χ4v) is 2.48. The highest BCUT2D eigenvalue weighted by Gasteiger charge is 2.40. The molecule has 0 spiro atoms. The minimum Gasteiger partial charge on any atom is -0.480 e. The van der Waals surface area contributed by atoms with E-state index in [9.17, 15) is 9.90 Å². The first-order valence-electron chi connectivity index (χ1n) is 6.01. The van der Waals surface area contributed by atoms with Crippen molar-refractivity contribution in [3.8, 4) is 0 Å². The number of carbonyl (C=O) groups is 1. The number of rotatable bonds is 4. The SMILES string of the molecule is O=C(O)C1(CCN2CCOCC2)CCCN1. The fraction of sp³-hybridized carbons (Fsp3) is 0.909. The van der Waals surface area contributed by atoms with E-state index < -0.39 is 11.5 Å². The minimum absolute atomic E-state index is 0.668. The molecule has 0 saturated carbocycles. The number of ether oxygens (including phenoxy) is 1. The first kappa shape index (κ1) is 11.8. The van der Waals surface area contributed by atoms with E-state index in [1.165, 1.54) is 0 Å². The number of hydrogen-bond donors (Lipinski definition) is 2. The summed E-state index contributed by atoms with van der Waals surface area (Å²) >= 11 is 0. The average molecular weight is 228 g/mol. The lowest BCUT2D eigenvalue weighted by atomic mass is 9.93. The highest BCUT2D eigenvalue weighted by Crippen LogP contribution is 2.24. The lowest BCUT2D eigenvalue weighted by molar-refractivity contribution is -0.144. The summed E-state index contributed by atoms with van der Waals surface area (Å²) in [7, 11) is 0. The quantitative estimate of drug-likeness (QED) is 0.704. The molecular formula is C11H20N2O3. The van der Waals surface area contributed by atoms with Gasteiger partial charge in [-0.15, -0.1) is 0 Å². The molecule has 2 N–H and O–H groups in total. The molecule has 2 aliphatic rings. The molecule has 1 atom stereocenters. The average Bonchev–Trinajstić information content (AvgIpc) is 2.78. The Kier molecular flexibility index (Phi) is 3.78. The normalized spacial score (nSPS) is 31.8. The molecule has 92 valence electrons. The van der Waals surface area contributed by atoms with E-state index >= 15 is 0 Å². The maximum Gasteiger partial charge on any atom is 0.323 e. The van der Waals surface area contributed by atoms with E-state index in [4.69, 9.17) is 4.74 Å². The van der Waals surface area contributed by atoms with Gasteiger partial charge in [0.1, 0.15) is 5.54 Å². The van der Waals surface area contributed by atoms with E-state index in [0.29, 0.717) is 6.42 Å². The van der Waals surface area contributed by atoms with Crippen molar-refractivity contribution in [2.75, 3.05) is 39.4 Å². The number of carboxylic acid groups (broad SMARTS) is 1. The van der Waals surface area contributed by atoms with Crippen LogP contribution in [0, 0.1) is 0 Å². The zero-order chi connectivity index (χ0) is 11.4. The summed E-state index contributed by atoms with van der Waals surface area (Å²) in [6.45, 7) is 5.07. The number of morpholine rings is 1. The first-order chi connectivity index (χ1) is 7.73. The zero-order valence-electron chi connectivity index (χ0n) is 9.57. The van der Waals surface area contributed by atoms with Crippen molar-refractivity contribution >= 4 is 5.97 Å². The largest absolute Gasteiger partial charge is 0.480 e. The highest BCUT2D eigenvalue weighted by molar-refractivity contribution is 5.79. The predicted octanol–water partition coefficient (Wildman–Crippen LogP) is -0.0845. The second-order valence-electron chi connectivity index (χ2n) is 4.62. The summed E-state index contributed by atoms with van der Waals surface area (Å²) in [4.78, 5) is 13.6. The molecular weight excluding hydrogens is 208 g/mol. The third-order valence-corrected chi connectivity index (χ3v) is 3.61. The van der Waals surface area contributed by atoms with Gasteiger partial charge in [-0.05, 0) is 25.8 Å². The van der Waals surface area contributed by atoms with Crippen molar-refractivity contribution in [1.29, 1.82) is 0 Å². The van der Waals surface area contributed by atoms with Crippen molar-refractivity contribution in [2.24, 2.45) is 0 Å². The van der Waals surface area contributed by atoms with E-state index in [0.717, 1.165) is 52.2 Å². The summed E-state index contributed by atoms with van der Waals surface area (Å²) < 4.78 is 5.27. The van der Waals surface area contributed by atoms with Gasteiger partial charge in [-0.2, -0.15) is 0 Å². The van der Waals surface area contributed by atoms with Crippen molar-refractivity contribution in [1.82, 2.24) is 10.2 Å². The molecule has 0 radical (unpaired) electrons. The number of nitrogens with zero attached hydrogens (tertiary/aromatic N) is 1. The topological polar surface area (TPSA) is 61.8 Å². The summed E-state index contributed by atoms with van der Waals surface area (Å²) in [5.41, 5.74) is -0.668. The summed E-state index contributed by atoms with van der Waals surface area (Å²) in [6, 6.07) is 0. The smallest absolute Gasteiger partial charge is 0.323 e. The molecule has 16 heavy (non-hydrogen) atoms. The van der Waals surface area contributed by atoms with Crippen molar-refractivity contribution < 1.29 is 14.6 Å². The van der Waals surface area contributed by atoms with Crippen LogP contribution in [0.1, 0.15) is 19.3 Å². The number of aliphatic carboxylic acids is 1. The molecule has 2 saturated heterocycles. The molecule has 0 amide bonds. The highest BCUT2D eigenvalue weighted by atomic mass is 16.5. The van der Waals surface area contributed by atoms with Crippen LogP contribution in [0.2, 0.25) is 0 Å². The molecule has 5 nitrogen and oxygen atoms in total. The summed E-state index contributed by atoms with van der Waals surface area (Å²) in [5, 5.41) is 12.4. The molecule has 1 unspecified atom stereocenters. The van der Waals surface area contributed by atoms with Gasteiger partial charge < -0.3 is 15.2 Å². The van der Waals surface area contributed by atoms with Crippen LogP contribution >= 0.6 is 0 Å². The maximum atomic E-state index is 11.3. The van der Waals surface area contributed by atoms with Crippen LogP contribution in [0.25, 0.3) is 0 Å². The lowest BCUT2D eigenvalue weighted by Gasteiger charge is -2.31. The van der Waals surface area contributed by atoms with Crippen molar-refractivity contribution in [3.05, 3.63) is 0 Å². The second kappa shape index (κ2) is 5.12. The van der Waals surface area contributed by atoms with Crippen molar-refractivity contribution in [3.63, 3.8) is 0 Å². The van der Waals surface area contributed by atoms with Crippen LogP contribution in [0.15, 0.2) is 0 Å². The second-order valence-corrected chi connectivity index (χ2v) is 4.62. The summed E-state index contributed by atoms with van der Waals surface area (Å²) in [5.74, 6) is -0.696. The Hall–Kier alpha value is -0.650. The minimum atomic E-state index is -0.696. The number of hydrogen-bond acceptors (Lipinski definition) is 4. The van der Waals surface area contributed by atoms with Crippen molar-refractivity contribution in [2.45, 2.75) is 24.8 Å². The Morgan fingerprint density at radius 2 is 2.19 bits per heavy atom. The van der Waals surface area contributed by atoms with Gasteiger partial charge >= 0.3 is 5.97 Å². The molecule has 0 aromatic rings. The molecule has 0 aromatic heterocycles. The maximum absolute atomic E-state index is 11.3. The Morgan fingerprint density at radius 3 is 2.75 bits per heavy atom. The Labute approximate surface area is 95.8 Å². The number of nitrogens with one attached hydrogen (secondary N) is 1. The van der Waals surface area contributed by atoms with Gasteiger partial charge in [-0.1, -0.05) is 0 Å². The van der Waals surface area contributed by atoms with Crippen LogP contribution < -0.4 is 5.32 Å². The monoisotopic (exact) mass is 228 g/mol. The van der Waals surface area contributed by atoms with Gasteiger partial charge in [0, 0.05) is 19.6 Å². The van der Waals surface area contributed by atoms with E-state index in [1.807, 2.05) is 0 Å². The molecule has 0 bridgehead atoms. The Balaban J connectivity index is 1.84. The Bertz CT molecular complexity index is 246. The Morgan fingerprint density at radius 1 is 1.44 bits per heavy atom. The molecule has 5 heteroatoms. The molecule has 0 aromatic carbocycles. The molecule has 2 fully saturated rings. The van der Waals surface area contributed by atoms with E-state index in [1.54, 1.807) is 0 Å². The van der Waals surface area contributed by atoms with E-state index in [-0.39, 0.29) is 0 Å². The summed E-state index contributed by atoms with van der Waals surface area (Å²) in [6.07, 6.45) is 2.42. The lowest BCUT2D eigenvalue weighted by Crippen LogP contribution is -2.50. The molecule has 0 aliphatic carbocycles. The van der Waals surface area contributed by atoms with Crippen LogP contribution in [-0.2, 0) is 9.53 Å². The fourth-order valence-electron chi connectivity index (χ4n) is 2.48. The molecule has 2 heterocycles. The van der Waals surface area contributed by atoms with Crippen LogP contribution in [0.4, 0.5) is 0 Å². The van der Waals surface area contributed by atoms with Gasteiger partial charge in [0.25, 0.3) is 0 Å². The van der Waals surface area contributed by atoms with Gasteiger partial charge in [-0.25, -0.2) is 0 Å². The zero-order valence-corrected chi connectivity index (χ0v) is 9.57. The molecule has 2 aliphatic heterocycles. The van der Waals surface area contributed by atoms with Crippen LogP contribution in [-0.4, -0.2) is 60.9 Å². The van der Waals surface area contributed by atoms with Crippen LogP contribution in [0.5, 0.6) is 0 Å². The van der Waals surface area contributed by atoms with Gasteiger partial charge in [0.2, 0.25) is 0 Å².